The molecule has 1 aliphatic heterocycles. The number of carbonyl (C=O) groups excluding carboxylic acids is 1. The number of nitrogens with zero attached hydrogens (tertiary/aromatic N) is 1. The molecule has 1 aromatic rings. The van der Waals surface area contributed by atoms with Crippen LogP contribution in [0.1, 0.15) is 17.5 Å². The first kappa shape index (κ1) is 12.6. The van der Waals surface area contributed by atoms with Crippen molar-refractivity contribution >= 4 is 21.8 Å². The largest absolute Gasteiger partial charge is 0.369 e. The summed E-state index contributed by atoms with van der Waals surface area (Å²) in [4.78, 5) is 13.4. The number of amides is 1. The van der Waals surface area contributed by atoms with Gasteiger partial charge in [0.15, 0.2) is 0 Å². The van der Waals surface area contributed by atoms with Crippen molar-refractivity contribution in [1.29, 1.82) is 0 Å². The number of halogens is 1. The van der Waals surface area contributed by atoms with E-state index in [-0.39, 0.29) is 11.8 Å². The number of hydrogen-bond donors (Lipinski definition) is 1. The van der Waals surface area contributed by atoms with Crippen LogP contribution in [0, 0.1) is 12.8 Å². The van der Waals surface area contributed by atoms with Crippen molar-refractivity contribution in [1.82, 2.24) is 4.90 Å². The standard InChI is InChI=1S/C13H17BrN2O/c1-9-6-12(14)3-2-10(9)7-16-5-4-11(8-16)13(15)17/h2-3,6,11H,4-5,7-8H2,1H3,(H2,15,17)/t11-/m1/s1. The van der Waals surface area contributed by atoms with Gasteiger partial charge in [-0.05, 0) is 43.1 Å². The molecule has 92 valence electrons. The third kappa shape index (κ3) is 3.07. The summed E-state index contributed by atoms with van der Waals surface area (Å²) in [5.74, 6) is -0.134. The zero-order valence-electron chi connectivity index (χ0n) is 9.95. The van der Waals surface area contributed by atoms with E-state index in [2.05, 4.69) is 46.0 Å². The Kier molecular flexibility index (Phi) is 3.84. The molecule has 17 heavy (non-hydrogen) atoms. The van der Waals surface area contributed by atoms with Crippen molar-refractivity contribution in [3.63, 3.8) is 0 Å². The molecule has 0 aliphatic carbocycles. The predicted molar refractivity (Wildman–Crippen MR) is 71.5 cm³/mol. The molecular weight excluding hydrogens is 280 g/mol. The maximum atomic E-state index is 11.1. The second-order valence-electron chi connectivity index (χ2n) is 4.69. The highest BCUT2D eigenvalue weighted by atomic mass is 79.9. The smallest absolute Gasteiger partial charge is 0.221 e. The van der Waals surface area contributed by atoms with Gasteiger partial charge in [0.05, 0.1) is 5.92 Å². The average molecular weight is 297 g/mol. The number of primary amides is 1. The molecule has 0 aromatic heterocycles. The van der Waals surface area contributed by atoms with Gasteiger partial charge in [0.25, 0.3) is 0 Å². The maximum absolute atomic E-state index is 11.1. The number of nitrogens with two attached hydrogens (primary N) is 1. The van der Waals surface area contributed by atoms with Crippen LogP contribution >= 0.6 is 15.9 Å². The quantitative estimate of drug-likeness (QED) is 0.928. The molecule has 1 aliphatic rings. The molecule has 0 unspecified atom stereocenters. The van der Waals surface area contributed by atoms with Crippen molar-refractivity contribution < 1.29 is 4.79 Å². The molecule has 0 spiro atoms. The van der Waals surface area contributed by atoms with Crippen molar-refractivity contribution in [2.24, 2.45) is 11.7 Å². The second-order valence-corrected chi connectivity index (χ2v) is 5.61. The molecule has 0 bridgehead atoms. The van der Waals surface area contributed by atoms with Crippen LogP contribution in [-0.4, -0.2) is 23.9 Å². The highest BCUT2D eigenvalue weighted by Crippen LogP contribution is 2.21. The van der Waals surface area contributed by atoms with E-state index < -0.39 is 0 Å². The summed E-state index contributed by atoms with van der Waals surface area (Å²) in [6.07, 6.45) is 0.894. The highest BCUT2D eigenvalue weighted by molar-refractivity contribution is 9.10. The number of hydrogen-bond acceptors (Lipinski definition) is 2. The lowest BCUT2D eigenvalue weighted by Gasteiger charge is -2.17. The zero-order chi connectivity index (χ0) is 12.4. The van der Waals surface area contributed by atoms with Gasteiger partial charge in [-0.2, -0.15) is 0 Å². The Morgan fingerprint density at radius 3 is 2.94 bits per heavy atom. The van der Waals surface area contributed by atoms with Crippen LogP contribution in [0.15, 0.2) is 22.7 Å². The van der Waals surface area contributed by atoms with E-state index in [4.69, 9.17) is 5.73 Å². The van der Waals surface area contributed by atoms with E-state index in [1.54, 1.807) is 0 Å². The molecule has 4 heteroatoms. The van der Waals surface area contributed by atoms with E-state index in [1.807, 2.05) is 0 Å². The third-order valence-electron chi connectivity index (χ3n) is 3.37. The first-order valence-corrected chi connectivity index (χ1v) is 6.62. The summed E-state index contributed by atoms with van der Waals surface area (Å²) in [7, 11) is 0. The molecule has 1 saturated heterocycles. The number of likely N-dealkylation sites (tertiary alicyclic amines) is 1. The summed E-state index contributed by atoms with van der Waals surface area (Å²) in [6.45, 7) is 4.78. The van der Waals surface area contributed by atoms with Crippen molar-refractivity contribution in [2.45, 2.75) is 19.9 Å². The molecule has 1 atom stereocenters. The topological polar surface area (TPSA) is 46.3 Å². The first-order chi connectivity index (χ1) is 8.06. The summed E-state index contributed by atoms with van der Waals surface area (Å²) in [5, 5.41) is 0. The van der Waals surface area contributed by atoms with Gasteiger partial charge in [0, 0.05) is 17.6 Å². The number of rotatable bonds is 3. The van der Waals surface area contributed by atoms with Gasteiger partial charge < -0.3 is 5.73 Å². The minimum absolute atomic E-state index is 0.0331. The van der Waals surface area contributed by atoms with Gasteiger partial charge in [0.1, 0.15) is 0 Å². The van der Waals surface area contributed by atoms with Crippen molar-refractivity contribution in [3.8, 4) is 0 Å². The van der Waals surface area contributed by atoms with Crippen LogP contribution in [-0.2, 0) is 11.3 Å². The lowest BCUT2D eigenvalue weighted by atomic mass is 10.1. The highest BCUT2D eigenvalue weighted by Gasteiger charge is 2.26. The maximum Gasteiger partial charge on any atom is 0.221 e. The van der Waals surface area contributed by atoms with Crippen LogP contribution in [0.4, 0.5) is 0 Å². The molecular formula is C13H17BrN2O. The molecule has 1 aromatic carbocycles. The number of carbonyl (C=O) groups is 1. The number of aryl methyl sites for hydroxylation is 1. The first-order valence-electron chi connectivity index (χ1n) is 5.83. The van der Waals surface area contributed by atoms with Gasteiger partial charge in [-0.25, -0.2) is 0 Å². The molecule has 2 rings (SSSR count). The normalized spacial score (nSPS) is 20.7. The average Bonchev–Trinajstić information content (AvgIpc) is 2.71. The zero-order valence-corrected chi connectivity index (χ0v) is 11.5. The predicted octanol–water partition coefficient (Wildman–Crippen LogP) is 2.06. The third-order valence-corrected chi connectivity index (χ3v) is 3.87. The molecule has 1 fully saturated rings. The van der Waals surface area contributed by atoms with Crippen LogP contribution < -0.4 is 5.73 Å². The van der Waals surface area contributed by atoms with Gasteiger partial charge in [-0.1, -0.05) is 22.0 Å². The van der Waals surface area contributed by atoms with Crippen molar-refractivity contribution in [3.05, 3.63) is 33.8 Å². The Bertz CT molecular complexity index is 433. The lowest BCUT2D eigenvalue weighted by molar-refractivity contribution is -0.121. The van der Waals surface area contributed by atoms with E-state index in [0.717, 1.165) is 30.5 Å². The fourth-order valence-corrected chi connectivity index (χ4v) is 2.76. The Morgan fingerprint density at radius 1 is 1.59 bits per heavy atom. The van der Waals surface area contributed by atoms with Gasteiger partial charge in [0.2, 0.25) is 5.91 Å². The van der Waals surface area contributed by atoms with E-state index in [1.165, 1.54) is 11.1 Å². The van der Waals surface area contributed by atoms with Crippen molar-refractivity contribution in [2.75, 3.05) is 13.1 Å². The second kappa shape index (κ2) is 5.19. The van der Waals surface area contributed by atoms with Crippen LogP contribution in [0.25, 0.3) is 0 Å². The van der Waals surface area contributed by atoms with Crippen LogP contribution in [0.5, 0.6) is 0 Å². The van der Waals surface area contributed by atoms with E-state index >= 15 is 0 Å². The molecule has 0 saturated carbocycles. The van der Waals surface area contributed by atoms with Crippen LogP contribution in [0.3, 0.4) is 0 Å². The molecule has 2 N–H and O–H groups in total. The number of benzene rings is 1. The SMILES string of the molecule is Cc1cc(Br)ccc1CN1CC[C@@H](C(N)=O)C1. The van der Waals surface area contributed by atoms with Gasteiger partial charge >= 0.3 is 0 Å². The monoisotopic (exact) mass is 296 g/mol. The van der Waals surface area contributed by atoms with E-state index in [0.29, 0.717) is 0 Å². The van der Waals surface area contributed by atoms with Crippen LogP contribution in [0.2, 0.25) is 0 Å². The van der Waals surface area contributed by atoms with E-state index in [9.17, 15) is 4.79 Å². The minimum atomic E-state index is -0.167. The van der Waals surface area contributed by atoms with Gasteiger partial charge in [-0.3, -0.25) is 9.69 Å². The summed E-state index contributed by atoms with van der Waals surface area (Å²) in [6, 6.07) is 6.32. The Labute approximate surface area is 110 Å². The lowest BCUT2D eigenvalue weighted by Crippen LogP contribution is -2.27. The molecule has 1 amide bonds. The summed E-state index contributed by atoms with van der Waals surface area (Å²) in [5.41, 5.74) is 7.93. The Balaban J connectivity index is 2.00. The fraction of sp³-hybridized carbons (Fsp3) is 0.462. The molecule has 1 heterocycles. The summed E-state index contributed by atoms with van der Waals surface area (Å²) < 4.78 is 1.11. The molecule has 0 radical (unpaired) electrons. The Hall–Kier alpha value is -0.870. The minimum Gasteiger partial charge on any atom is -0.369 e. The fourth-order valence-electron chi connectivity index (χ4n) is 2.29. The Morgan fingerprint density at radius 2 is 2.35 bits per heavy atom. The van der Waals surface area contributed by atoms with Gasteiger partial charge in [-0.15, -0.1) is 0 Å². The molecule has 3 nitrogen and oxygen atoms in total. The summed E-state index contributed by atoms with van der Waals surface area (Å²) >= 11 is 3.46.